The van der Waals surface area contributed by atoms with Gasteiger partial charge >= 0.3 is 0 Å². The zero-order chi connectivity index (χ0) is 17.1. The van der Waals surface area contributed by atoms with Crippen LogP contribution in [0.3, 0.4) is 0 Å². The van der Waals surface area contributed by atoms with E-state index < -0.39 is 0 Å². The first kappa shape index (κ1) is 19.4. The lowest BCUT2D eigenvalue weighted by atomic mass is 9.84. The zero-order valence-corrected chi connectivity index (χ0v) is 14.8. The van der Waals surface area contributed by atoms with Gasteiger partial charge in [0.25, 0.3) is 0 Å². The van der Waals surface area contributed by atoms with Crippen LogP contribution in [0.15, 0.2) is 29.3 Å². The van der Waals surface area contributed by atoms with Gasteiger partial charge in [0.2, 0.25) is 0 Å². The maximum Gasteiger partial charge on any atom is 0.191 e. The molecule has 0 saturated carbocycles. The molecular formula is C18H30FN3O. The standard InChI is InChI=1S/C18H30FN3O/c1-5-23-13-9-8-12-21-17(20-4)22-14-18(2,3)15-10-6-7-11-16(15)19/h6-7,10-11H,5,8-9,12-14H2,1-4H3,(H2,20,21,22). The smallest absolute Gasteiger partial charge is 0.191 e. The molecule has 4 nitrogen and oxygen atoms in total. The summed E-state index contributed by atoms with van der Waals surface area (Å²) >= 11 is 0. The maximum absolute atomic E-state index is 14.0. The second kappa shape index (κ2) is 10.2. The minimum atomic E-state index is -0.321. The summed E-state index contributed by atoms with van der Waals surface area (Å²) in [7, 11) is 1.74. The summed E-state index contributed by atoms with van der Waals surface area (Å²) in [5, 5.41) is 6.55. The molecule has 0 radical (unpaired) electrons. The molecule has 130 valence electrons. The minimum absolute atomic E-state index is 0.168. The van der Waals surface area contributed by atoms with Crippen molar-refractivity contribution in [2.75, 3.05) is 33.4 Å². The molecular weight excluding hydrogens is 293 g/mol. The number of hydrogen-bond acceptors (Lipinski definition) is 2. The quantitative estimate of drug-likeness (QED) is 0.417. The van der Waals surface area contributed by atoms with E-state index in [9.17, 15) is 4.39 Å². The maximum atomic E-state index is 14.0. The highest BCUT2D eigenvalue weighted by atomic mass is 19.1. The Hall–Kier alpha value is -1.62. The number of unbranched alkanes of at least 4 members (excludes halogenated alkanes) is 1. The molecule has 0 spiro atoms. The van der Waals surface area contributed by atoms with Gasteiger partial charge in [0.05, 0.1) is 0 Å². The van der Waals surface area contributed by atoms with Crippen molar-refractivity contribution in [1.29, 1.82) is 0 Å². The second-order valence-corrected chi connectivity index (χ2v) is 6.12. The molecule has 0 amide bonds. The fourth-order valence-corrected chi connectivity index (χ4v) is 2.31. The molecule has 1 rings (SSSR count). The molecule has 0 bridgehead atoms. The Balaban J connectivity index is 2.40. The Kier molecular flexibility index (Phi) is 8.62. The predicted molar refractivity (Wildman–Crippen MR) is 94.5 cm³/mol. The molecule has 2 N–H and O–H groups in total. The third-order valence-corrected chi connectivity index (χ3v) is 3.74. The summed E-state index contributed by atoms with van der Waals surface area (Å²) in [6.07, 6.45) is 2.05. The van der Waals surface area contributed by atoms with Gasteiger partial charge in [-0.05, 0) is 31.4 Å². The van der Waals surface area contributed by atoms with Gasteiger partial charge in [-0.25, -0.2) is 4.39 Å². The number of rotatable bonds is 9. The van der Waals surface area contributed by atoms with E-state index in [1.54, 1.807) is 13.1 Å². The van der Waals surface area contributed by atoms with Gasteiger partial charge in [0.1, 0.15) is 5.82 Å². The molecule has 0 aliphatic carbocycles. The normalized spacial score (nSPS) is 12.3. The van der Waals surface area contributed by atoms with Crippen molar-refractivity contribution in [2.45, 2.75) is 39.0 Å². The molecule has 23 heavy (non-hydrogen) atoms. The highest BCUT2D eigenvalue weighted by Crippen LogP contribution is 2.24. The first-order valence-corrected chi connectivity index (χ1v) is 8.28. The van der Waals surface area contributed by atoms with E-state index in [1.807, 2.05) is 32.9 Å². The van der Waals surface area contributed by atoms with E-state index in [0.717, 1.165) is 38.6 Å². The van der Waals surface area contributed by atoms with Crippen molar-refractivity contribution in [1.82, 2.24) is 10.6 Å². The van der Waals surface area contributed by atoms with Crippen molar-refractivity contribution < 1.29 is 9.13 Å². The van der Waals surface area contributed by atoms with E-state index in [-0.39, 0.29) is 11.2 Å². The number of guanidine groups is 1. The van der Waals surface area contributed by atoms with Crippen LogP contribution in [0.1, 0.15) is 39.2 Å². The fourth-order valence-electron chi connectivity index (χ4n) is 2.31. The van der Waals surface area contributed by atoms with Crippen LogP contribution >= 0.6 is 0 Å². The third-order valence-electron chi connectivity index (χ3n) is 3.74. The summed E-state index contributed by atoms with van der Waals surface area (Å²) in [5.41, 5.74) is 0.387. The number of ether oxygens (including phenoxy) is 1. The summed E-state index contributed by atoms with van der Waals surface area (Å²) in [6.45, 7) is 9.05. The summed E-state index contributed by atoms with van der Waals surface area (Å²) in [6, 6.07) is 6.92. The number of nitrogens with one attached hydrogen (secondary N) is 2. The van der Waals surface area contributed by atoms with Gasteiger partial charge in [0, 0.05) is 38.8 Å². The van der Waals surface area contributed by atoms with E-state index in [4.69, 9.17) is 4.74 Å². The average Bonchev–Trinajstić information content (AvgIpc) is 2.53. The van der Waals surface area contributed by atoms with Crippen molar-refractivity contribution in [2.24, 2.45) is 4.99 Å². The Morgan fingerprint density at radius 3 is 2.61 bits per heavy atom. The van der Waals surface area contributed by atoms with Gasteiger partial charge in [0.15, 0.2) is 5.96 Å². The Morgan fingerprint density at radius 1 is 1.22 bits per heavy atom. The third kappa shape index (κ3) is 6.99. The van der Waals surface area contributed by atoms with Crippen LogP contribution in [-0.2, 0) is 10.2 Å². The van der Waals surface area contributed by atoms with Gasteiger partial charge in [-0.3, -0.25) is 4.99 Å². The molecule has 0 aromatic heterocycles. The van der Waals surface area contributed by atoms with Gasteiger partial charge in [-0.15, -0.1) is 0 Å². The fraction of sp³-hybridized carbons (Fsp3) is 0.611. The summed E-state index contributed by atoms with van der Waals surface area (Å²) in [5.74, 6) is 0.573. The van der Waals surface area contributed by atoms with Crippen LogP contribution in [-0.4, -0.2) is 39.3 Å². The number of aliphatic imine (C=N–C) groups is 1. The van der Waals surface area contributed by atoms with Crippen LogP contribution in [0.5, 0.6) is 0 Å². The highest BCUT2D eigenvalue weighted by Gasteiger charge is 2.24. The average molecular weight is 323 g/mol. The summed E-state index contributed by atoms with van der Waals surface area (Å²) in [4.78, 5) is 4.21. The van der Waals surface area contributed by atoms with Crippen molar-refractivity contribution >= 4 is 5.96 Å². The van der Waals surface area contributed by atoms with Crippen LogP contribution in [0, 0.1) is 5.82 Å². The van der Waals surface area contributed by atoms with Gasteiger partial charge < -0.3 is 15.4 Å². The molecule has 0 unspecified atom stereocenters. The molecule has 0 fully saturated rings. The Morgan fingerprint density at radius 2 is 1.96 bits per heavy atom. The molecule has 1 aromatic rings. The first-order valence-electron chi connectivity index (χ1n) is 8.28. The molecule has 0 atom stereocenters. The predicted octanol–water partition coefficient (Wildman–Crippen LogP) is 3.09. The van der Waals surface area contributed by atoms with Crippen LogP contribution in [0.4, 0.5) is 4.39 Å². The monoisotopic (exact) mass is 323 g/mol. The lowest BCUT2D eigenvalue weighted by Crippen LogP contribution is -2.44. The number of nitrogens with zero attached hydrogens (tertiary/aromatic N) is 1. The molecule has 0 heterocycles. The van der Waals surface area contributed by atoms with Crippen molar-refractivity contribution in [3.8, 4) is 0 Å². The van der Waals surface area contributed by atoms with E-state index in [1.165, 1.54) is 6.07 Å². The van der Waals surface area contributed by atoms with E-state index in [0.29, 0.717) is 12.1 Å². The molecule has 0 aliphatic rings. The van der Waals surface area contributed by atoms with Crippen LogP contribution < -0.4 is 10.6 Å². The minimum Gasteiger partial charge on any atom is -0.382 e. The van der Waals surface area contributed by atoms with Crippen LogP contribution in [0.25, 0.3) is 0 Å². The lowest BCUT2D eigenvalue weighted by molar-refractivity contribution is 0.143. The molecule has 5 heteroatoms. The van der Waals surface area contributed by atoms with Crippen LogP contribution in [0.2, 0.25) is 0 Å². The van der Waals surface area contributed by atoms with Crippen molar-refractivity contribution in [3.63, 3.8) is 0 Å². The topological polar surface area (TPSA) is 45.6 Å². The number of benzene rings is 1. The van der Waals surface area contributed by atoms with Crippen molar-refractivity contribution in [3.05, 3.63) is 35.6 Å². The number of hydrogen-bond donors (Lipinski definition) is 2. The SMILES string of the molecule is CCOCCCCNC(=NC)NCC(C)(C)c1ccccc1F. The Labute approximate surface area is 139 Å². The summed E-state index contributed by atoms with van der Waals surface area (Å²) < 4.78 is 19.3. The van der Waals surface area contributed by atoms with E-state index in [2.05, 4.69) is 15.6 Å². The van der Waals surface area contributed by atoms with E-state index >= 15 is 0 Å². The molecule has 0 saturated heterocycles. The van der Waals surface area contributed by atoms with Gasteiger partial charge in [-0.1, -0.05) is 32.0 Å². The van der Waals surface area contributed by atoms with Gasteiger partial charge in [-0.2, -0.15) is 0 Å². The lowest BCUT2D eigenvalue weighted by Gasteiger charge is -2.27. The molecule has 0 aliphatic heterocycles. The molecule has 1 aromatic carbocycles. The Bertz CT molecular complexity index is 489. The zero-order valence-electron chi connectivity index (χ0n) is 14.8. The largest absolute Gasteiger partial charge is 0.382 e. The second-order valence-electron chi connectivity index (χ2n) is 6.12. The highest BCUT2D eigenvalue weighted by molar-refractivity contribution is 5.79. The number of halogens is 1. The first-order chi connectivity index (χ1) is 11.0.